The van der Waals surface area contributed by atoms with Crippen LogP contribution in [0.2, 0.25) is 0 Å². The molecular weight excluding hydrogens is 436 g/mol. The molecule has 2 aliphatic carbocycles. The van der Waals surface area contributed by atoms with E-state index in [-0.39, 0.29) is 18.0 Å². The molecule has 180 valence electrons. The Morgan fingerprint density at radius 2 is 1.85 bits per heavy atom. The molecule has 3 unspecified atom stereocenters. The van der Waals surface area contributed by atoms with Crippen molar-refractivity contribution in [3.8, 4) is 0 Å². The van der Waals surface area contributed by atoms with E-state index < -0.39 is 16.6 Å². The van der Waals surface area contributed by atoms with Gasteiger partial charge in [0.05, 0.1) is 11.5 Å². The van der Waals surface area contributed by atoms with Gasteiger partial charge in [-0.15, -0.1) is 0 Å². The third-order valence-electron chi connectivity index (χ3n) is 8.96. The van der Waals surface area contributed by atoms with Crippen molar-refractivity contribution in [3.05, 3.63) is 11.4 Å². The molecule has 4 heterocycles. The fourth-order valence-corrected chi connectivity index (χ4v) is 8.18. The predicted molar refractivity (Wildman–Crippen MR) is 130 cm³/mol. The van der Waals surface area contributed by atoms with Gasteiger partial charge in [-0.3, -0.25) is 14.7 Å². The quantitative estimate of drug-likeness (QED) is 0.598. The minimum absolute atomic E-state index is 0.209. The van der Waals surface area contributed by atoms with Gasteiger partial charge < -0.3 is 5.32 Å². The van der Waals surface area contributed by atoms with Crippen LogP contribution in [0.1, 0.15) is 51.9 Å². The first-order valence-corrected chi connectivity index (χ1v) is 13.7. The van der Waals surface area contributed by atoms with Crippen molar-refractivity contribution in [2.75, 3.05) is 39.3 Å². The molecule has 5 fully saturated rings. The molecule has 0 radical (unpaired) electrons. The maximum atomic E-state index is 13.4. The lowest BCUT2D eigenvalue weighted by atomic mass is 9.76. The van der Waals surface area contributed by atoms with Crippen LogP contribution >= 0.6 is 0 Å². The smallest absolute Gasteiger partial charge is 0.239 e. The lowest BCUT2D eigenvalue weighted by Crippen LogP contribution is -2.72. The van der Waals surface area contributed by atoms with E-state index in [0.29, 0.717) is 11.3 Å². The summed E-state index contributed by atoms with van der Waals surface area (Å²) in [5, 5.41) is 3.33. The SMILES string of the molecule is C=NC1=C(C=NC2CCN(S(=O)N3CC4(CNC4)C3)CC2)C2(CC2)C(=O)N1C1CCCC1C. The van der Waals surface area contributed by atoms with Crippen molar-refractivity contribution in [2.45, 2.75) is 64.0 Å². The molecule has 0 aromatic heterocycles. The maximum absolute atomic E-state index is 13.4. The van der Waals surface area contributed by atoms with E-state index in [2.05, 4.69) is 32.6 Å². The summed E-state index contributed by atoms with van der Waals surface area (Å²) in [6.07, 6.45) is 8.94. The Morgan fingerprint density at radius 3 is 2.39 bits per heavy atom. The van der Waals surface area contributed by atoms with Crippen LogP contribution in [0, 0.1) is 16.7 Å². The summed E-state index contributed by atoms with van der Waals surface area (Å²) < 4.78 is 17.1. The van der Waals surface area contributed by atoms with Crippen LogP contribution in [0.3, 0.4) is 0 Å². The van der Waals surface area contributed by atoms with E-state index in [1.165, 1.54) is 12.8 Å². The zero-order valence-electron chi connectivity index (χ0n) is 19.7. The molecule has 6 aliphatic rings. The number of rotatable bonds is 6. The van der Waals surface area contributed by atoms with Crippen LogP contribution in [0.15, 0.2) is 21.4 Å². The second-order valence-corrected chi connectivity index (χ2v) is 12.7. The van der Waals surface area contributed by atoms with Gasteiger partial charge in [0.15, 0.2) is 11.2 Å². The first-order chi connectivity index (χ1) is 16.0. The van der Waals surface area contributed by atoms with Crippen LogP contribution in [0.4, 0.5) is 0 Å². The molecule has 9 heteroatoms. The van der Waals surface area contributed by atoms with Gasteiger partial charge in [-0.2, -0.15) is 0 Å². The van der Waals surface area contributed by atoms with Gasteiger partial charge in [-0.05, 0) is 51.2 Å². The summed E-state index contributed by atoms with van der Waals surface area (Å²) in [5.74, 6) is 1.49. The van der Waals surface area contributed by atoms with Gasteiger partial charge in [0, 0.05) is 62.5 Å². The van der Waals surface area contributed by atoms with E-state index in [1.807, 2.05) is 11.1 Å². The fourth-order valence-electron chi connectivity index (χ4n) is 6.56. The van der Waals surface area contributed by atoms with Crippen molar-refractivity contribution in [1.29, 1.82) is 0 Å². The van der Waals surface area contributed by atoms with E-state index in [1.54, 1.807) is 0 Å². The van der Waals surface area contributed by atoms with Crippen LogP contribution in [0.25, 0.3) is 0 Å². The third kappa shape index (κ3) is 3.49. The van der Waals surface area contributed by atoms with Crippen molar-refractivity contribution in [3.63, 3.8) is 0 Å². The topological polar surface area (TPSA) is 80.6 Å². The Bertz CT molecular complexity index is 923. The molecule has 3 atom stereocenters. The first-order valence-electron chi connectivity index (χ1n) is 12.7. The standard InChI is InChI=1S/C24H36N6O2S/c1-17-4-3-5-20(17)30-21(25-2)19(24(8-9-24)22(30)31)12-27-18-6-10-28(11-7-18)33(32)29-15-23(16-29)13-26-14-23/h12,17-18,20,26H,2-11,13-16H2,1H3. The normalized spacial score (nSPS) is 34.9. The lowest BCUT2D eigenvalue weighted by molar-refractivity contribution is -0.134. The molecule has 2 saturated carbocycles. The highest BCUT2D eigenvalue weighted by molar-refractivity contribution is 7.80. The second-order valence-electron chi connectivity index (χ2n) is 11.2. The first kappa shape index (κ1) is 22.1. The summed E-state index contributed by atoms with van der Waals surface area (Å²) in [4.78, 5) is 24.7. The monoisotopic (exact) mass is 472 g/mol. The predicted octanol–water partition coefficient (Wildman–Crippen LogP) is 1.73. The van der Waals surface area contributed by atoms with Gasteiger partial charge in [0.1, 0.15) is 5.82 Å². The van der Waals surface area contributed by atoms with E-state index >= 15 is 0 Å². The zero-order chi connectivity index (χ0) is 22.8. The van der Waals surface area contributed by atoms with Gasteiger partial charge >= 0.3 is 0 Å². The average molecular weight is 473 g/mol. The number of aliphatic imine (C=N–C) groups is 2. The molecule has 1 amide bonds. The van der Waals surface area contributed by atoms with Crippen molar-refractivity contribution in [2.24, 2.45) is 26.7 Å². The lowest BCUT2D eigenvalue weighted by Gasteiger charge is -2.55. The van der Waals surface area contributed by atoms with Gasteiger partial charge in [-0.1, -0.05) is 13.3 Å². The molecule has 6 rings (SSSR count). The second kappa shape index (κ2) is 8.07. The summed E-state index contributed by atoms with van der Waals surface area (Å²) in [5.41, 5.74) is 0.992. The van der Waals surface area contributed by atoms with Crippen LogP contribution in [-0.4, -0.2) is 87.9 Å². The zero-order valence-corrected chi connectivity index (χ0v) is 20.5. The summed E-state index contributed by atoms with van der Waals surface area (Å²) >= 11 is -1.02. The molecule has 2 spiro atoms. The highest BCUT2D eigenvalue weighted by Crippen LogP contribution is 2.59. The molecular formula is C24H36N6O2S. The number of hydrogen-bond donors (Lipinski definition) is 1. The third-order valence-corrected chi connectivity index (χ3v) is 10.5. The summed E-state index contributed by atoms with van der Waals surface area (Å²) in [7, 11) is 0. The summed E-state index contributed by atoms with van der Waals surface area (Å²) in [6, 6.07) is 0.455. The number of nitrogens with one attached hydrogen (secondary N) is 1. The number of nitrogens with zero attached hydrogens (tertiary/aromatic N) is 5. The van der Waals surface area contributed by atoms with E-state index in [9.17, 15) is 9.00 Å². The molecule has 0 aromatic carbocycles. The van der Waals surface area contributed by atoms with Crippen LogP contribution in [-0.2, 0) is 16.0 Å². The minimum atomic E-state index is -1.02. The van der Waals surface area contributed by atoms with Crippen LogP contribution < -0.4 is 5.32 Å². The molecule has 4 aliphatic heterocycles. The van der Waals surface area contributed by atoms with E-state index in [0.717, 1.165) is 82.8 Å². The number of carbonyl (C=O) groups excluding carboxylic acids is 1. The Labute approximate surface area is 199 Å². The van der Waals surface area contributed by atoms with Crippen molar-refractivity contribution >= 4 is 30.0 Å². The highest BCUT2D eigenvalue weighted by Gasteiger charge is 2.62. The molecule has 0 aromatic rings. The van der Waals surface area contributed by atoms with Gasteiger partial charge in [-0.25, -0.2) is 17.8 Å². The number of amides is 1. The number of carbonyl (C=O) groups is 1. The van der Waals surface area contributed by atoms with Crippen molar-refractivity contribution in [1.82, 2.24) is 18.8 Å². The maximum Gasteiger partial charge on any atom is 0.239 e. The average Bonchev–Trinajstić information content (AvgIpc) is 3.40. The Hall–Kier alpha value is -1.42. The number of hydrogen-bond acceptors (Lipinski definition) is 5. The van der Waals surface area contributed by atoms with Gasteiger partial charge in [0.2, 0.25) is 5.91 Å². The highest BCUT2D eigenvalue weighted by atomic mass is 32.2. The molecule has 3 saturated heterocycles. The molecule has 33 heavy (non-hydrogen) atoms. The Balaban J connectivity index is 1.10. The molecule has 8 nitrogen and oxygen atoms in total. The number of piperidine rings is 1. The Morgan fingerprint density at radius 1 is 1.12 bits per heavy atom. The van der Waals surface area contributed by atoms with Crippen molar-refractivity contribution < 1.29 is 9.00 Å². The summed E-state index contributed by atoms with van der Waals surface area (Å²) in [6.45, 7) is 11.7. The van der Waals surface area contributed by atoms with Crippen LogP contribution in [0.5, 0.6) is 0 Å². The van der Waals surface area contributed by atoms with Gasteiger partial charge in [0.25, 0.3) is 0 Å². The minimum Gasteiger partial charge on any atom is -0.315 e. The largest absolute Gasteiger partial charge is 0.315 e. The Kier molecular flexibility index (Phi) is 5.40. The van der Waals surface area contributed by atoms with E-state index in [4.69, 9.17) is 4.99 Å². The molecule has 1 N–H and O–H groups in total. The molecule has 0 bridgehead atoms. The fraction of sp³-hybridized carbons (Fsp3) is 0.792.